The SMILES string of the molecule is CCCCCCCCCCCCC(CCCCCCO)S(=O)(=O)O. The maximum Gasteiger partial charge on any atom is 0.267 e. The molecule has 0 aromatic rings. The Bertz CT molecular complexity index is 354. The molecule has 1 unspecified atom stereocenters. The van der Waals surface area contributed by atoms with Crippen LogP contribution in [0.3, 0.4) is 0 Å². The Morgan fingerprint density at radius 2 is 1.04 bits per heavy atom. The summed E-state index contributed by atoms with van der Waals surface area (Å²) in [5, 5.41) is 8.13. The van der Waals surface area contributed by atoms with Gasteiger partial charge in [0.1, 0.15) is 0 Å². The Labute approximate surface area is 150 Å². The van der Waals surface area contributed by atoms with E-state index in [0.29, 0.717) is 12.8 Å². The third kappa shape index (κ3) is 15.4. The first-order chi connectivity index (χ1) is 11.5. The molecule has 0 radical (unpaired) electrons. The third-order valence-electron chi connectivity index (χ3n) is 4.74. The van der Waals surface area contributed by atoms with Crippen molar-refractivity contribution in [1.82, 2.24) is 0 Å². The zero-order chi connectivity index (χ0) is 18.1. The van der Waals surface area contributed by atoms with E-state index >= 15 is 0 Å². The number of aliphatic hydroxyl groups is 1. The molecule has 0 spiro atoms. The van der Waals surface area contributed by atoms with Gasteiger partial charge in [-0.15, -0.1) is 0 Å². The van der Waals surface area contributed by atoms with Gasteiger partial charge in [0.25, 0.3) is 10.1 Å². The number of hydrogen-bond acceptors (Lipinski definition) is 3. The molecule has 0 aromatic carbocycles. The van der Waals surface area contributed by atoms with Gasteiger partial charge in [0.05, 0.1) is 5.25 Å². The summed E-state index contributed by atoms with van der Waals surface area (Å²) < 4.78 is 32.3. The number of aliphatic hydroxyl groups excluding tert-OH is 1. The molecular weight excluding hydrogens is 324 g/mol. The van der Waals surface area contributed by atoms with Crippen molar-refractivity contribution in [3.05, 3.63) is 0 Å². The van der Waals surface area contributed by atoms with Crippen molar-refractivity contribution in [3.8, 4) is 0 Å². The third-order valence-corrected chi connectivity index (χ3v) is 6.05. The molecule has 0 aromatic heterocycles. The Morgan fingerprint density at radius 1 is 0.667 bits per heavy atom. The molecule has 0 saturated heterocycles. The van der Waals surface area contributed by atoms with Gasteiger partial charge in [-0.05, 0) is 19.3 Å². The van der Waals surface area contributed by atoms with Gasteiger partial charge in [-0.25, -0.2) is 0 Å². The highest BCUT2D eigenvalue weighted by atomic mass is 32.2. The van der Waals surface area contributed by atoms with E-state index in [1.807, 2.05) is 0 Å². The molecule has 0 amide bonds. The van der Waals surface area contributed by atoms with Crippen molar-refractivity contribution < 1.29 is 18.1 Å². The van der Waals surface area contributed by atoms with Crippen LogP contribution in [0.2, 0.25) is 0 Å². The van der Waals surface area contributed by atoms with E-state index in [4.69, 9.17) is 5.11 Å². The fourth-order valence-corrected chi connectivity index (χ4v) is 4.07. The van der Waals surface area contributed by atoms with E-state index < -0.39 is 15.4 Å². The van der Waals surface area contributed by atoms with Gasteiger partial charge in [-0.2, -0.15) is 8.42 Å². The molecule has 0 saturated carbocycles. The summed E-state index contributed by atoms with van der Waals surface area (Å²) in [6, 6.07) is 0. The summed E-state index contributed by atoms with van der Waals surface area (Å²) in [6.07, 6.45) is 16.8. The van der Waals surface area contributed by atoms with Gasteiger partial charge >= 0.3 is 0 Å². The standard InChI is InChI=1S/C19H40O4S/c1-2-3-4-5-6-7-8-9-10-13-16-19(24(21,22)23)17-14-11-12-15-18-20/h19-20H,2-18H2,1H3,(H,21,22,23). The second-order valence-electron chi connectivity index (χ2n) is 7.03. The summed E-state index contributed by atoms with van der Waals surface area (Å²) >= 11 is 0. The minimum atomic E-state index is -3.92. The molecule has 0 aliphatic rings. The summed E-state index contributed by atoms with van der Waals surface area (Å²) in [4.78, 5) is 0. The largest absolute Gasteiger partial charge is 0.396 e. The van der Waals surface area contributed by atoms with E-state index in [2.05, 4.69) is 6.92 Å². The molecule has 0 aliphatic heterocycles. The minimum absolute atomic E-state index is 0.195. The Hall–Kier alpha value is -0.130. The Balaban J connectivity index is 3.65. The highest BCUT2D eigenvalue weighted by Crippen LogP contribution is 2.19. The molecule has 0 rings (SSSR count). The van der Waals surface area contributed by atoms with Gasteiger partial charge in [-0.3, -0.25) is 4.55 Å². The van der Waals surface area contributed by atoms with Crippen LogP contribution in [0, 0.1) is 0 Å². The van der Waals surface area contributed by atoms with E-state index in [-0.39, 0.29) is 6.61 Å². The molecule has 4 nitrogen and oxygen atoms in total. The normalized spacial score (nSPS) is 13.3. The van der Waals surface area contributed by atoms with Crippen LogP contribution in [0.25, 0.3) is 0 Å². The fraction of sp³-hybridized carbons (Fsp3) is 1.00. The van der Waals surface area contributed by atoms with Crippen LogP contribution in [0.5, 0.6) is 0 Å². The van der Waals surface area contributed by atoms with Crippen molar-refractivity contribution in [2.24, 2.45) is 0 Å². The lowest BCUT2D eigenvalue weighted by Gasteiger charge is -2.13. The van der Waals surface area contributed by atoms with Crippen molar-refractivity contribution in [2.45, 2.75) is 115 Å². The first-order valence-electron chi connectivity index (χ1n) is 10.1. The van der Waals surface area contributed by atoms with Crippen LogP contribution in [0.1, 0.15) is 110 Å². The van der Waals surface area contributed by atoms with Gasteiger partial charge in [0.2, 0.25) is 0 Å². The molecule has 0 fully saturated rings. The molecule has 0 aliphatic carbocycles. The number of hydrogen-bond donors (Lipinski definition) is 2. The molecule has 2 N–H and O–H groups in total. The van der Waals surface area contributed by atoms with Crippen molar-refractivity contribution in [3.63, 3.8) is 0 Å². The quantitative estimate of drug-likeness (QED) is 0.249. The molecular formula is C19H40O4S. The lowest BCUT2D eigenvalue weighted by molar-refractivity contribution is 0.282. The lowest BCUT2D eigenvalue weighted by atomic mass is 10.0. The molecule has 146 valence electrons. The van der Waals surface area contributed by atoms with Crippen molar-refractivity contribution >= 4 is 10.1 Å². The summed E-state index contributed by atoms with van der Waals surface area (Å²) in [5.74, 6) is 0. The van der Waals surface area contributed by atoms with Gasteiger partial charge < -0.3 is 5.11 Å². The smallest absolute Gasteiger partial charge is 0.267 e. The Morgan fingerprint density at radius 3 is 1.42 bits per heavy atom. The molecule has 5 heteroatoms. The number of rotatable bonds is 18. The highest BCUT2D eigenvalue weighted by Gasteiger charge is 2.21. The summed E-state index contributed by atoms with van der Waals surface area (Å²) in [6.45, 7) is 2.43. The van der Waals surface area contributed by atoms with Crippen LogP contribution in [0.15, 0.2) is 0 Å². The number of unbranched alkanes of at least 4 members (excludes halogenated alkanes) is 12. The topological polar surface area (TPSA) is 74.6 Å². The van der Waals surface area contributed by atoms with Crippen LogP contribution >= 0.6 is 0 Å². The molecule has 24 heavy (non-hydrogen) atoms. The van der Waals surface area contributed by atoms with Crippen LogP contribution in [-0.2, 0) is 10.1 Å². The fourth-order valence-electron chi connectivity index (χ4n) is 3.14. The summed E-state index contributed by atoms with van der Waals surface area (Å²) in [7, 11) is -3.92. The predicted molar refractivity (Wildman–Crippen MR) is 102 cm³/mol. The Kier molecular flexibility index (Phi) is 16.3. The second-order valence-corrected chi connectivity index (χ2v) is 8.73. The minimum Gasteiger partial charge on any atom is -0.396 e. The first kappa shape index (κ1) is 23.9. The average molecular weight is 365 g/mol. The van der Waals surface area contributed by atoms with Crippen LogP contribution in [0.4, 0.5) is 0 Å². The van der Waals surface area contributed by atoms with Crippen LogP contribution < -0.4 is 0 Å². The van der Waals surface area contributed by atoms with Gasteiger partial charge in [-0.1, -0.05) is 90.4 Å². The van der Waals surface area contributed by atoms with Crippen LogP contribution in [-0.4, -0.2) is 29.9 Å². The zero-order valence-corrected chi connectivity index (χ0v) is 16.5. The monoisotopic (exact) mass is 364 g/mol. The molecule has 1 atom stereocenters. The molecule has 0 heterocycles. The maximum atomic E-state index is 11.5. The maximum absolute atomic E-state index is 11.5. The van der Waals surface area contributed by atoms with E-state index in [0.717, 1.165) is 38.5 Å². The van der Waals surface area contributed by atoms with E-state index in [9.17, 15) is 13.0 Å². The highest BCUT2D eigenvalue weighted by molar-refractivity contribution is 7.86. The first-order valence-corrected chi connectivity index (χ1v) is 11.6. The average Bonchev–Trinajstić information content (AvgIpc) is 2.53. The van der Waals surface area contributed by atoms with Gasteiger partial charge in [0, 0.05) is 6.61 Å². The lowest BCUT2D eigenvalue weighted by Crippen LogP contribution is -2.20. The zero-order valence-electron chi connectivity index (χ0n) is 15.7. The predicted octanol–water partition coefficient (Wildman–Crippen LogP) is 5.50. The van der Waals surface area contributed by atoms with Crippen molar-refractivity contribution in [2.75, 3.05) is 6.61 Å². The second kappa shape index (κ2) is 16.3. The van der Waals surface area contributed by atoms with E-state index in [1.165, 1.54) is 51.4 Å². The molecule has 0 bridgehead atoms. The van der Waals surface area contributed by atoms with Crippen molar-refractivity contribution in [1.29, 1.82) is 0 Å². The summed E-state index contributed by atoms with van der Waals surface area (Å²) in [5.41, 5.74) is 0. The van der Waals surface area contributed by atoms with Gasteiger partial charge in [0.15, 0.2) is 0 Å². The van der Waals surface area contributed by atoms with E-state index in [1.54, 1.807) is 0 Å².